The Kier molecular flexibility index (Phi) is 10.3. The number of benzene rings is 1. The lowest BCUT2D eigenvalue weighted by atomic mass is 10.1. The van der Waals surface area contributed by atoms with E-state index in [1.54, 1.807) is 13.3 Å². The molecule has 11 heteroatoms. The lowest BCUT2D eigenvalue weighted by Gasteiger charge is -2.41. The number of anilines is 3. The van der Waals surface area contributed by atoms with Crippen LogP contribution in [0.5, 0.6) is 0 Å². The molecule has 0 aliphatic carbocycles. The lowest BCUT2D eigenvalue weighted by Crippen LogP contribution is -2.56. The largest absolute Gasteiger partial charge is 0.382 e. The van der Waals surface area contributed by atoms with Crippen molar-refractivity contribution < 1.29 is 14.3 Å². The van der Waals surface area contributed by atoms with E-state index in [-0.39, 0.29) is 11.9 Å². The van der Waals surface area contributed by atoms with Gasteiger partial charge in [0.1, 0.15) is 5.82 Å². The molecular formula is C31H42N8O3. The third-order valence-corrected chi connectivity index (χ3v) is 7.86. The summed E-state index contributed by atoms with van der Waals surface area (Å²) in [5.41, 5.74) is 3.84. The first-order valence-corrected chi connectivity index (χ1v) is 14.6. The highest BCUT2D eigenvalue weighted by molar-refractivity contribution is 5.78. The first-order valence-electron chi connectivity index (χ1n) is 14.6. The van der Waals surface area contributed by atoms with Gasteiger partial charge in [0.15, 0.2) is 0 Å². The van der Waals surface area contributed by atoms with Gasteiger partial charge in [-0.3, -0.25) is 14.6 Å². The lowest BCUT2D eigenvalue weighted by molar-refractivity contribution is -0.132. The highest BCUT2D eigenvalue weighted by Gasteiger charge is 2.29. The Labute approximate surface area is 248 Å². The number of aromatic nitrogens is 3. The van der Waals surface area contributed by atoms with Crippen LogP contribution in [-0.4, -0.2) is 122 Å². The van der Waals surface area contributed by atoms with Crippen molar-refractivity contribution in [1.82, 2.24) is 29.7 Å². The monoisotopic (exact) mass is 574 g/mol. The minimum atomic E-state index is 0.146. The van der Waals surface area contributed by atoms with Crippen molar-refractivity contribution in [3.63, 3.8) is 0 Å². The average Bonchev–Trinajstić information content (AvgIpc) is 3.00. The summed E-state index contributed by atoms with van der Waals surface area (Å²) in [6.45, 7) is 6.84. The van der Waals surface area contributed by atoms with E-state index >= 15 is 0 Å². The molecule has 1 aromatic carbocycles. The topological polar surface area (TPSA) is 99.2 Å². The van der Waals surface area contributed by atoms with E-state index in [0.29, 0.717) is 38.9 Å². The molecule has 42 heavy (non-hydrogen) atoms. The number of nitrogens with zero attached hydrogens (tertiary/aromatic N) is 7. The van der Waals surface area contributed by atoms with Gasteiger partial charge in [-0.2, -0.15) is 0 Å². The molecule has 1 N–H and O–H groups in total. The maximum absolute atomic E-state index is 13.1. The number of nitrogens with one attached hydrogen (secondary N) is 1. The molecule has 2 aromatic heterocycles. The van der Waals surface area contributed by atoms with Crippen LogP contribution < -0.4 is 10.2 Å². The highest BCUT2D eigenvalue weighted by Crippen LogP contribution is 2.23. The summed E-state index contributed by atoms with van der Waals surface area (Å²) in [6.07, 6.45) is 4.46. The number of pyridine rings is 1. The van der Waals surface area contributed by atoms with Crippen LogP contribution in [0.25, 0.3) is 11.3 Å². The van der Waals surface area contributed by atoms with Crippen molar-refractivity contribution in [3.8, 4) is 11.3 Å². The van der Waals surface area contributed by atoms with E-state index in [1.165, 1.54) is 5.56 Å². The van der Waals surface area contributed by atoms with Crippen LogP contribution in [0, 0.1) is 0 Å². The Hall–Kier alpha value is -3.64. The Morgan fingerprint density at radius 3 is 2.69 bits per heavy atom. The number of hydrogen-bond donors (Lipinski definition) is 1. The van der Waals surface area contributed by atoms with Crippen LogP contribution in [0.4, 0.5) is 17.5 Å². The number of carbonyl (C=O) groups is 1. The van der Waals surface area contributed by atoms with Crippen LogP contribution in [0.2, 0.25) is 0 Å². The normalized spacial score (nSPS) is 21.8. The Morgan fingerprint density at radius 2 is 1.86 bits per heavy atom. The number of amides is 1. The fourth-order valence-corrected chi connectivity index (χ4v) is 5.38. The molecule has 0 saturated carbocycles. The van der Waals surface area contributed by atoms with Gasteiger partial charge < -0.3 is 24.6 Å². The molecule has 8 rings (SSSR count). The molecule has 8 bridgehead atoms. The van der Waals surface area contributed by atoms with E-state index in [4.69, 9.17) is 14.5 Å². The van der Waals surface area contributed by atoms with Gasteiger partial charge in [0, 0.05) is 90.2 Å². The molecule has 11 nitrogen and oxygen atoms in total. The number of rotatable bonds is 5. The molecular weight excluding hydrogens is 532 g/mol. The Morgan fingerprint density at radius 1 is 0.976 bits per heavy atom. The quantitative estimate of drug-likeness (QED) is 0.458. The summed E-state index contributed by atoms with van der Waals surface area (Å²) >= 11 is 0. The molecule has 0 spiro atoms. The smallest absolute Gasteiger partial charge is 0.236 e. The minimum Gasteiger partial charge on any atom is -0.382 e. The van der Waals surface area contributed by atoms with Gasteiger partial charge >= 0.3 is 0 Å². The summed E-state index contributed by atoms with van der Waals surface area (Å²) in [5.74, 6) is 1.57. The van der Waals surface area contributed by atoms with Crippen LogP contribution in [-0.2, 0) is 20.8 Å². The molecule has 3 atom stereocenters. The van der Waals surface area contributed by atoms with E-state index in [9.17, 15) is 4.79 Å². The Bertz CT molecular complexity index is 1310. The number of likely N-dealkylation sites (N-methyl/N-ethyl adjacent to an activating group) is 1. The molecule has 0 radical (unpaired) electrons. The molecule has 3 unspecified atom stereocenters. The van der Waals surface area contributed by atoms with Crippen molar-refractivity contribution in [1.29, 1.82) is 0 Å². The van der Waals surface area contributed by atoms with Gasteiger partial charge in [-0.25, -0.2) is 15.0 Å². The van der Waals surface area contributed by atoms with E-state index in [0.717, 1.165) is 61.9 Å². The summed E-state index contributed by atoms with van der Waals surface area (Å²) in [7, 11) is 5.61. The SMILES string of the molecule is COCCOCC1CN2CCN1Cc1cccc(c1)Nc1nccc(n1)-c1ccc(nc1)N(C)CCCN(C)C(=O)C2. The van der Waals surface area contributed by atoms with Gasteiger partial charge in [-0.15, -0.1) is 0 Å². The molecule has 1 saturated heterocycles. The molecule has 1 fully saturated rings. The van der Waals surface area contributed by atoms with Crippen molar-refractivity contribution in [2.24, 2.45) is 0 Å². The third kappa shape index (κ3) is 8.01. The summed E-state index contributed by atoms with van der Waals surface area (Å²) in [5, 5.41) is 3.38. The molecule has 7 heterocycles. The standard InChI is InChI=1S/C31H42N8O3/c1-36-12-5-13-37(2)30(40)22-38-14-15-39(27(21-38)23-42-17-16-41-3)20-24-6-4-7-26(18-24)34-31-32-11-10-28(35-31)25-8-9-29(36)33-19-25/h4,6-11,18-19,27H,5,12-17,20-23H2,1-3H3,(H,32,34,35). The van der Waals surface area contributed by atoms with Gasteiger partial charge in [-0.05, 0) is 42.3 Å². The predicted octanol–water partition coefficient (Wildman–Crippen LogP) is 2.73. The second-order valence-corrected chi connectivity index (χ2v) is 11.0. The van der Waals surface area contributed by atoms with Gasteiger partial charge in [0.25, 0.3) is 0 Å². The maximum Gasteiger partial charge on any atom is 0.236 e. The highest BCUT2D eigenvalue weighted by atomic mass is 16.5. The number of piperazine rings is 1. The molecule has 224 valence electrons. The van der Waals surface area contributed by atoms with Crippen molar-refractivity contribution in [2.45, 2.75) is 19.0 Å². The van der Waals surface area contributed by atoms with Gasteiger partial charge in [0.2, 0.25) is 11.9 Å². The summed E-state index contributed by atoms with van der Waals surface area (Å²) in [4.78, 5) is 35.7. The minimum absolute atomic E-state index is 0.146. The van der Waals surface area contributed by atoms with Crippen LogP contribution in [0.1, 0.15) is 12.0 Å². The number of ether oxygens (including phenoxy) is 2. The van der Waals surface area contributed by atoms with Crippen molar-refractivity contribution >= 4 is 23.4 Å². The second-order valence-electron chi connectivity index (χ2n) is 11.0. The van der Waals surface area contributed by atoms with Gasteiger partial charge in [0.05, 0.1) is 32.1 Å². The van der Waals surface area contributed by atoms with Crippen molar-refractivity contribution in [2.75, 3.05) is 90.5 Å². The zero-order chi connectivity index (χ0) is 29.3. The maximum atomic E-state index is 13.1. The van der Waals surface area contributed by atoms with Crippen LogP contribution in [0.15, 0.2) is 54.9 Å². The fraction of sp³-hybridized carbons (Fsp3) is 0.484. The first-order chi connectivity index (χ1) is 20.5. The summed E-state index contributed by atoms with van der Waals surface area (Å²) in [6, 6.07) is 14.5. The van der Waals surface area contributed by atoms with E-state index in [1.807, 2.05) is 49.5 Å². The second kappa shape index (κ2) is 14.5. The van der Waals surface area contributed by atoms with Gasteiger partial charge in [-0.1, -0.05) is 12.1 Å². The van der Waals surface area contributed by atoms with E-state index < -0.39 is 0 Å². The van der Waals surface area contributed by atoms with Crippen LogP contribution in [0.3, 0.4) is 0 Å². The predicted molar refractivity (Wildman–Crippen MR) is 164 cm³/mol. The third-order valence-electron chi connectivity index (χ3n) is 7.86. The first kappa shape index (κ1) is 29.8. The summed E-state index contributed by atoms with van der Waals surface area (Å²) < 4.78 is 11.1. The van der Waals surface area contributed by atoms with E-state index in [2.05, 4.69) is 48.2 Å². The molecule has 3 aromatic rings. The fourth-order valence-electron chi connectivity index (χ4n) is 5.38. The number of hydrogen-bond acceptors (Lipinski definition) is 10. The number of carbonyl (C=O) groups excluding carboxylic acids is 1. The molecule has 1 amide bonds. The zero-order valence-electron chi connectivity index (χ0n) is 24.9. The van der Waals surface area contributed by atoms with Crippen molar-refractivity contribution in [3.05, 3.63) is 60.4 Å². The number of methoxy groups -OCH3 is 1. The Balaban J connectivity index is 1.39. The van der Waals surface area contributed by atoms with Crippen LogP contribution >= 0.6 is 0 Å². The zero-order valence-corrected chi connectivity index (χ0v) is 24.9. The average molecular weight is 575 g/mol. The molecule has 5 aliphatic heterocycles. The molecule has 5 aliphatic rings.